The van der Waals surface area contributed by atoms with E-state index < -0.39 is 5.97 Å². The number of carboxylic acids is 1. The van der Waals surface area contributed by atoms with Crippen molar-refractivity contribution in [3.63, 3.8) is 0 Å². The van der Waals surface area contributed by atoms with Gasteiger partial charge in [0.05, 0.1) is 12.4 Å². The van der Waals surface area contributed by atoms with Gasteiger partial charge in [-0.1, -0.05) is 12.8 Å². The van der Waals surface area contributed by atoms with Crippen molar-refractivity contribution in [2.24, 2.45) is 0 Å². The smallest absolute Gasteiger partial charge is 0.356 e. The number of anilines is 1. The SMILES string of the molecule is CC1CCCCCN1c1cncc(C(=O)O)n1. The predicted molar refractivity (Wildman–Crippen MR) is 64.3 cm³/mol. The summed E-state index contributed by atoms with van der Waals surface area (Å²) in [6, 6.07) is 0.399. The van der Waals surface area contributed by atoms with Crippen LogP contribution in [-0.2, 0) is 0 Å². The third-order valence-electron chi connectivity index (χ3n) is 3.19. The van der Waals surface area contributed by atoms with E-state index in [1.807, 2.05) is 0 Å². The molecular formula is C12H17N3O2. The standard InChI is InChI=1S/C12H17N3O2/c1-9-5-3-2-4-6-15(9)11-8-13-7-10(14-11)12(16)17/h7-9H,2-6H2,1H3,(H,16,17). The first kappa shape index (κ1) is 11.8. The Morgan fingerprint density at radius 2 is 2.24 bits per heavy atom. The molecule has 0 aliphatic carbocycles. The van der Waals surface area contributed by atoms with Crippen molar-refractivity contribution >= 4 is 11.8 Å². The molecule has 92 valence electrons. The average Bonchev–Trinajstić information content (AvgIpc) is 2.54. The number of aromatic nitrogens is 2. The van der Waals surface area contributed by atoms with Crippen LogP contribution in [0.3, 0.4) is 0 Å². The van der Waals surface area contributed by atoms with E-state index in [9.17, 15) is 4.79 Å². The first-order valence-corrected chi connectivity index (χ1v) is 6.00. The lowest BCUT2D eigenvalue weighted by atomic mass is 10.1. The molecule has 5 nitrogen and oxygen atoms in total. The van der Waals surface area contributed by atoms with E-state index >= 15 is 0 Å². The van der Waals surface area contributed by atoms with Gasteiger partial charge < -0.3 is 10.0 Å². The van der Waals surface area contributed by atoms with Crippen LogP contribution in [0.2, 0.25) is 0 Å². The molecule has 2 heterocycles. The zero-order valence-corrected chi connectivity index (χ0v) is 9.96. The fraction of sp³-hybridized carbons (Fsp3) is 0.583. The van der Waals surface area contributed by atoms with Gasteiger partial charge in [-0.2, -0.15) is 0 Å². The molecule has 2 rings (SSSR count). The Balaban J connectivity index is 2.25. The van der Waals surface area contributed by atoms with Crippen LogP contribution >= 0.6 is 0 Å². The zero-order valence-electron chi connectivity index (χ0n) is 9.96. The summed E-state index contributed by atoms with van der Waals surface area (Å²) in [5.74, 6) is -0.346. The highest BCUT2D eigenvalue weighted by Crippen LogP contribution is 2.21. The van der Waals surface area contributed by atoms with Gasteiger partial charge in [-0.25, -0.2) is 9.78 Å². The van der Waals surface area contributed by atoms with Crippen LogP contribution in [0.1, 0.15) is 43.1 Å². The summed E-state index contributed by atoms with van der Waals surface area (Å²) < 4.78 is 0. The minimum atomic E-state index is -1.03. The molecule has 1 N–H and O–H groups in total. The largest absolute Gasteiger partial charge is 0.476 e. The third kappa shape index (κ3) is 2.72. The third-order valence-corrected chi connectivity index (χ3v) is 3.19. The molecule has 1 atom stereocenters. The fourth-order valence-electron chi connectivity index (χ4n) is 2.21. The van der Waals surface area contributed by atoms with Crippen molar-refractivity contribution in [2.75, 3.05) is 11.4 Å². The van der Waals surface area contributed by atoms with Crippen LogP contribution < -0.4 is 4.90 Å². The fourth-order valence-corrected chi connectivity index (χ4v) is 2.21. The van der Waals surface area contributed by atoms with Gasteiger partial charge in [0.2, 0.25) is 0 Å². The van der Waals surface area contributed by atoms with Crippen LogP contribution in [0.25, 0.3) is 0 Å². The quantitative estimate of drug-likeness (QED) is 0.848. The second kappa shape index (κ2) is 5.12. The summed E-state index contributed by atoms with van der Waals surface area (Å²) in [5.41, 5.74) is 0.0129. The lowest BCUT2D eigenvalue weighted by Crippen LogP contribution is -2.33. The first-order chi connectivity index (χ1) is 8.18. The van der Waals surface area contributed by atoms with Gasteiger partial charge in [0.15, 0.2) is 5.69 Å². The summed E-state index contributed by atoms with van der Waals surface area (Å²) >= 11 is 0. The van der Waals surface area contributed by atoms with Crippen molar-refractivity contribution in [3.05, 3.63) is 18.1 Å². The molecule has 0 amide bonds. The number of carbonyl (C=O) groups is 1. The van der Waals surface area contributed by atoms with Gasteiger partial charge in [0, 0.05) is 12.6 Å². The molecule has 0 bridgehead atoms. The molecular weight excluding hydrogens is 218 g/mol. The van der Waals surface area contributed by atoms with Crippen LogP contribution in [0, 0.1) is 0 Å². The Bertz CT molecular complexity index is 408. The summed E-state index contributed by atoms with van der Waals surface area (Å²) in [6.07, 6.45) is 7.64. The normalized spacial score (nSPS) is 21.0. The van der Waals surface area contributed by atoms with Gasteiger partial charge in [-0.15, -0.1) is 0 Å². The number of carboxylic acid groups (broad SMARTS) is 1. The molecule has 5 heteroatoms. The molecule has 1 aliphatic heterocycles. The van der Waals surface area contributed by atoms with E-state index in [4.69, 9.17) is 5.11 Å². The summed E-state index contributed by atoms with van der Waals surface area (Å²) in [7, 11) is 0. The lowest BCUT2D eigenvalue weighted by Gasteiger charge is -2.27. The molecule has 1 unspecified atom stereocenters. The molecule has 1 fully saturated rings. The van der Waals surface area contributed by atoms with Crippen molar-refractivity contribution in [2.45, 2.75) is 38.6 Å². The molecule has 1 aromatic rings. The monoisotopic (exact) mass is 235 g/mol. The summed E-state index contributed by atoms with van der Waals surface area (Å²) in [4.78, 5) is 21.1. The maximum atomic E-state index is 10.9. The van der Waals surface area contributed by atoms with E-state index in [1.165, 1.54) is 19.0 Å². The van der Waals surface area contributed by atoms with Crippen LogP contribution in [0.15, 0.2) is 12.4 Å². The number of aromatic carboxylic acids is 1. The second-order valence-corrected chi connectivity index (χ2v) is 4.46. The van der Waals surface area contributed by atoms with Gasteiger partial charge in [-0.05, 0) is 19.8 Å². The molecule has 1 saturated heterocycles. The maximum absolute atomic E-state index is 10.9. The van der Waals surface area contributed by atoms with E-state index in [2.05, 4.69) is 21.8 Å². The molecule has 1 aromatic heterocycles. The predicted octanol–water partition coefficient (Wildman–Crippen LogP) is 1.94. The zero-order chi connectivity index (χ0) is 12.3. The van der Waals surface area contributed by atoms with Crippen molar-refractivity contribution in [1.82, 2.24) is 9.97 Å². The van der Waals surface area contributed by atoms with E-state index in [0.29, 0.717) is 11.9 Å². The van der Waals surface area contributed by atoms with Crippen molar-refractivity contribution < 1.29 is 9.90 Å². The molecule has 17 heavy (non-hydrogen) atoms. The Kier molecular flexibility index (Phi) is 3.56. The number of nitrogens with zero attached hydrogens (tertiary/aromatic N) is 3. The topological polar surface area (TPSA) is 66.3 Å². The molecule has 1 aliphatic rings. The minimum Gasteiger partial charge on any atom is -0.476 e. The van der Waals surface area contributed by atoms with E-state index in [0.717, 1.165) is 19.4 Å². The van der Waals surface area contributed by atoms with Crippen LogP contribution in [0.5, 0.6) is 0 Å². The van der Waals surface area contributed by atoms with Crippen LogP contribution in [-0.4, -0.2) is 33.6 Å². The Hall–Kier alpha value is -1.65. The van der Waals surface area contributed by atoms with Crippen molar-refractivity contribution in [1.29, 1.82) is 0 Å². The minimum absolute atomic E-state index is 0.0129. The maximum Gasteiger partial charge on any atom is 0.356 e. The Labute approximate surface area is 100 Å². The van der Waals surface area contributed by atoms with Gasteiger partial charge in [-0.3, -0.25) is 4.98 Å². The Morgan fingerprint density at radius 1 is 1.41 bits per heavy atom. The van der Waals surface area contributed by atoms with Gasteiger partial charge in [0.1, 0.15) is 5.82 Å². The molecule has 0 aromatic carbocycles. The first-order valence-electron chi connectivity index (χ1n) is 6.00. The van der Waals surface area contributed by atoms with E-state index in [-0.39, 0.29) is 5.69 Å². The highest BCUT2D eigenvalue weighted by atomic mass is 16.4. The number of hydrogen-bond acceptors (Lipinski definition) is 4. The second-order valence-electron chi connectivity index (χ2n) is 4.46. The highest BCUT2D eigenvalue weighted by Gasteiger charge is 2.19. The van der Waals surface area contributed by atoms with E-state index in [1.54, 1.807) is 6.20 Å². The number of hydrogen-bond donors (Lipinski definition) is 1. The molecule has 0 saturated carbocycles. The number of rotatable bonds is 2. The lowest BCUT2D eigenvalue weighted by molar-refractivity contribution is 0.0690. The summed E-state index contributed by atoms with van der Waals surface area (Å²) in [5, 5.41) is 8.91. The van der Waals surface area contributed by atoms with Gasteiger partial charge >= 0.3 is 5.97 Å². The summed E-state index contributed by atoms with van der Waals surface area (Å²) in [6.45, 7) is 3.08. The Morgan fingerprint density at radius 3 is 3.00 bits per heavy atom. The van der Waals surface area contributed by atoms with Gasteiger partial charge in [0.25, 0.3) is 0 Å². The average molecular weight is 235 g/mol. The highest BCUT2D eigenvalue weighted by molar-refractivity contribution is 5.85. The molecule has 0 radical (unpaired) electrons. The van der Waals surface area contributed by atoms with Crippen LogP contribution in [0.4, 0.5) is 5.82 Å². The van der Waals surface area contributed by atoms with Crippen molar-refractivity contribution in [3.8, 4) is 0 Å². The molecule has 0 spiro atoms.